The molecule has 2 aromatic heterocycles. The number of methoxy groups -OCH3 is 1. The molecule has 1 amide bonds. The van der Waals surface area contributed by atoms with Crippen LogP contribution in [0.15, 0.2) is 43.1 Å². The third-order valence-corrected chi connectivity index (χ3v) is 5.29. The van der Waals surface area contributed by atoms with Crippen LogP contribution in [0.1, 0.15) is 47.6 Å². The number of nitrogens with one attached hydrogen (secondary N) is 3. The average molecular weight is 425 g/mol. The fourth-order valence-electron chi connectivity index (χ4n) is 3.66. The minimum Gasteiger partial charge on any atom is -0.496 e. The second-order valence-electron chi connectivity index (χ2n) is 7.29. The minimum atomic E-state index is -0.379. The molecule has 1 aromatic carbocycles. The second-order valence-corrected chi connectivity index (χ2v) is 7.29. The zero-order chi connectivity index (χ0) is 21.6. The molecular weight excluding hydrogens is 401 g/mol. The molecule has 1 aliphatic rings. The van der Waals surface area contributed by atoms with E-state index in [4.69, 9.17) is 4.74 Å². The largest absolute Gasteiger partial charge is 0.496 e. The van der Waals surface area contributed by atoms with Crippen LogP contribution < -0.4 is 20.9 Å². The number of rotatable bonds is 8. The molecule has 0 saturated heterocycles. The van der Waals surface area contributed by atoms with E-state index >= 15 is 0 Å². The number of carbonyl (C=O) groups excluding carboxylic acids is 1. The highest BCUT2D eigenvalue weighted by Crippen LogP contribution is 2.32. The van der Waals surface area contributed by atoms with Crippen molar-refractivity contribution in [3.8, 4) is 5.75 Å². The molecule has 0 atom stereocenters. The SMILES string of the molecule is COc1cccc(F)c1CNc1nn(C2CCCC2)cc1NNC(=O)c1cncnc1. The third-order valence-electron chi connectivity index (χ3n) is 5.29. The fraction of sp³-hybridized carbons (Fsp3) is 0.333. The van der Waals surface area contributed by atoms with Crippen LogP contribution >= 0.6 is 0 Å². The van der Waals surface area contributed by atoms with Crippen LogP contribution in [0.2, 0.25) is 0 Å². The second kappa shape index (κ2) is 9.41. The lowest BCUT2D eigenvalue weighted by molar-refractivity contribution is 0.0962. The van der Waals surface area contributed by atoms with E-state index < -0.39 is 0 Å². The van der Waals surface area contributed by atoms with Crippen molar-refractivity contribution in [3.63, 3.8) is 0 Å². The Hall–Kier alpha value is -3.69. The van der Waals surface area contributed by atoms with Gasteiger partial charge in [0.1, 0.15) is 23.6 Å². The Morgan fingerprint density at radius 1 is 1.26 bits per heavy atom. The standard InChI is InChI=1S/C21H24FN7O2/c1-31-19-8-4-7-17(22)16(19)11-25-20-18(12-29(28-20)15-5-2-3-6-15)26-27-21(30)14-9-23-13-24-10-14/h4,7-10,12-13,15,26H,2-3,5-6,11H2,1H3,(H,25,28)(H,27,30). The molecule has 4 rings (SSSR count). The van der Waals surface area contributed by atoms with Gasteiger partial charge in [-0.3, -0.25) is 20.3 Å². The summed E-state index contributed by atoms with van der Waals surface area (Å²) in [6.07, 6.45) is 10.5. The molecule has 2 heterocycles. The molecular formula is C21H24FN7O2. The van der Waals surface area contributed by atoms with Crippen LogP contribution in [0, 0.1) is 5.82 Å². The Balaban J connectivity index is 1.52. The number of carbonyl (C=O) groups is 1. The molecule has 0 radical (unpaired) electrons. The van der Waals surface area contributed by atoms with Crippen molar-refractivity contribution < 1.29 is 13.9 Å². The van der Waals surface area contributed by atoms with E-state index in [-0.39, 0.29) is 18.3 Å². The normalized spacial score (nSPS) is 13.7. The first-order valence-corrected chi connectivity index (χ1v) is 10.1. The number of hydrazine groups is 1. The van der Waals surface area contributed by atoms with E-state index in [0.717, 1.165) is 25.7 Å². The molecule has 1 fully saturated rings. The predicted molar refractivity (Wildman–Crippen MR) is 113 cm³/mol. The van der Waals surface area contributed by atoms with Gasteiger partial charge < -0.3 is 10.1 Å². The molecule has 1 aliphatic carbocycles. The first-order chi connectivity index (χ1) is 15.2. The molecule has 31 heavy (non-hydrogen) atoms. The number of hydrogen-bond acceptors (Lipinski definition) is 7. The summed E-state index contributed by atoms with van der Waals surface area (Å²) in [6.45, 7) is 0.173. The Labute approximate surface area is 179 Å². The first-order valence-electron chi connectivity index (χ1n) is 10.1. The lowest BCUT2D eigenvalue weighted by atomic mass is 10.2. The first kappa shape index (κ1) is 20.6. The maximum atomic E-state index is 14.3. The van der Waals surface area contributed by atoms with Gasteiger partial charge in [0.25, 0.3) is 5.91 Å². The van der Waals surface area contributed by atoms with E-state index in [1.54, 1.807) is 12.1 Å². The Morgan fingerprint density at radius 3 is 2.77 bits per heavy atom. The number of aromatic nitrogens is 4. The summed E-state index contributed by atoms with van der Waals surface area (Å²) in [4.78, 5) is 20.0. The van der Waals surface area contributed by atoms with Crippen molar-refractivity contribution in [2.75, 3.05) is 17.9 Å². The van der Waals surface area contributed by atoms with Gasteiger partial charge in [0.05, 0.1) is 24.9 Å². The Morgan fingerprint density at radius 2 is 2.03 bits per heavy atom. The van der Waals surface area contributed by atoms with Crippen LogP contribution in [0.5, 0.6) is 5.75 Å². The summed E-state index contributed by atoms with van der Waals surface area (Å²) in [5.41, 5.74) is 6.84. The van der Waals surface area contributed by atoms with Crippen LogP contribution in [0.3, 0.4) is 0 Å². The van der Waals surface area contributed by atoms with Gasteiger partial charge in [-0.15, -0.1) is 0 Å². The molecule has 0 bridgehead atoms. The molecule has 162 valence electrons. The lowest BCUT2D eigenvalue weighted by Gasteiger charge is -2.12. The highest BCUT2D eigenvalue weighted by atomic mass is 19.1. The monoisotopic (exact) mass is 425 g/mol. The fourth-order valence-corrected chi connectivity index (χ4v) is 3.66. The van der Waals surface area contributed by atoms with Gasteiger partial charge in [-0.25, -0.2) is 14.4 Å². The van der Waals surface area contributed by atoms with Crippen LogP contribution in [0.4, 0.5) is 15.9 Å². The van der Waals surface area contributed by atoms with Crippen molar-refractivity contribution in [3.05, 3.63) is 60.1 Å². The van der Waals surface area contributed by atoms with Gasteiger partial charge in [-0.2, -0.15) is 5.10 Å². The number of benzene rings is 1. The number of nitrogens with zero attached hydrogens (tertiary/aromatic N) is 4. The summed E-state index contributed by atoms with van der Waals surface area (Å²) in [5.74, 6) is 0.210. The van der Waals surface area contributed by atoms with E-state index in [1.165, 1.54) is 31.9 Å². The van der Waals surface area contributed by atoms with E-state index in [0.29, 0.717) is 34.4 Å². The highest BCUT2D eigenvalue weighted by molar-refractivity contribution is 5.94. The molecule has 10 heteroatoms. The summed E-state index contributed by atoms with van der Waals surface area (Å²) in [7, 11) is 1.50. The maximum Gasteiger partial charge on any atom is 0.272 e. The number of ether oxygens (including phenoxy) is 1. The maximum absolute atomic E-state index is 14.3. The van der Waals surface area contributed by atoms with Crippen molar-refractivity contribution in [1.29, 1.82) is 0 Å². The van der Waals surface area contributed by atoms with Crippen molar-refractivity contribution in [2.45, 2.75) is 38.3 Å². The smallest absolute Gasteiger partial charge is 0.272 e. The number of hydrogen-bond donors (Lipinski definition) is 3. The Bertz CT molecular complexity index is 1040. The lowest BCUT2D eigenvalue weighted by Crippen LogP contribution is -2.29. The van der Waals surface area contributed by atoms with Gasteiger partial charge >= 0.3 is 0 Å². The molecule has 9 nitrogen and oxygen atoms in total. The summed E-state index contributed by atoms with van der Waals surface area (Å²) in [6, 6.07) is 5.00. The summed E-state index contributed by atoms with van der Waals surface area (Å²) >= 11 is 0. The topological polar surface area (TPSA) is 106 Å². The van der Waals surface area contributed by atoms with E-state index in [1.807, 2.05) is 10.9 Å². The van der Waals surface area contributed by atoms with Gasteiger partial charge in [0, 0.05) is 24.5 Å². The van der Waals surface area contributed by atoms with E-state index in [2.05, 4.69) is 31.2 Å². The predicted octanol–water partition coefficient (Wildman–Crippen LogP) is 3.30. The van der Waals surface area contributed by atoms with Gasteiger partial charge in [0.15, 0.2) is 5.82 Å². The summed E-state index contributed by atoms with van der Waals surface area (Å²) < 4.78 is 21.5. The molecule has 3 N–H and O–H groups in total. The van der Waals surface area contributed by atoms with Crippen LogP contribution in [0.25, 0.3) is 0 Å². The number of anilines is 2. The van der Waals surface area contributed by atoms with Gasteiger partial charge in [-0.1, -0.05) is 18.9 Å². The molecule has 0 spiro atoms. The zero-order valence-corrected chi connectivity index (χ0v) is 17.1. The van der Waals surface area contributed by atoms with Crippen molar-refractivity contribution >= 4 is 17.4 Å². The average Bonchev–Trinajstić information content (AvgIpc) is 3.47. The molecule has 0 unspecified atom stereocenters. The molecule has 1 saturated carbocycles. The number of halogens is 1. The zero-order valence-electron chi connectivity index (χ0n) is 17.1. The molecule has 0 aliphatic heterocycles. The number of amides is 1. The van der Waals surface area contributed by atoms with Gasteiger partial charge in [-0.05, 0) is 25.0 Å². The van der Waals surface area contributed by atoms with Gasteiger partial charge in [0.2, 0.25) is 0 Å². The van der Waals surface area contributed by atoms with Crippen LogP contribution in [-0.2, 0) is 6.54 Å². The van der Waals surface area contributed by atoms with Crippen molar-refractivity contribution in [2.24, 2.45) is 0 Å². The minimum absolute atomic E-state index is 0.173. The highest BCUT2D eigenvalue weighted by Gasteiger charge is 2.21. The van der Waals surface area contributed by atoms with Crippen LogP contribution in [-0.4, -0.2) is 32.8 Å². The molecule has 3 aromatic rings. The van der Waals surface area contributed by atoms with Crippen molar-refractivity contribution in [1.82, 2.24) is 25.2 Å². The third kappa shape index (κ3) is 4.73. The quantitative estimate of drug-likeness (QED) is 0.476. The Kier molecular flexibility index (Phi) is 6.25. The summed E-state index contributed by atoms with van der Waals surface area (Å²) in [5, 5.41) is 7.81. The van der Waals surface area contributed by atoms with E-state index in [9.17, 15) is 9.18 Å².